The smallest absolute Gasteiger partial charge is 0.0900 e. The molecule has 0 aliphatic carbocycles. The van der Waals surface area contributed by atoms with E-state index in [4.69, 9.17) is 19.5 Å². The fourth-order valence-corrected chi connectivity index (χ4v) is 1.44. The van der Waals surface area contributed by atoms with Gasteiger partial charge in [0.05, 0.1) is 38.6 Å². The fourth-order valence-electron chi connectivity index (χ4n) is 1.44. The van der Waals surface area contributed by atoms with Gasteiger partial charge in [0, 0.05) is 40.3 Å². The van der Waals surface area contributed by atoms with Gasteiger partial charge in [-0.2, -0.15) is 5.26 Å². The minimum Gasteiger partial charge on any atom is -0.389 e. The molecule has 0 saturated carbocycles. The maximum absolute atomic E-state index is 9.79. The molecule has 0 aliphatic heterocycles. The van der Waals surface area contributed by atoms with Gasteiger partial charge in [-0.3, -0.25) is 4.90 Å². The van der Waals surface area contributed by atoms with Crippen LogP contribution in [0, 0.1) is 11.3 Å². The van der Waals surface area contributed by atoms with Gasteiger partial charge in [0.2, 0.25) is 0 Å². The van der Waals surface area contributed by atoms with Crippen LogP contribution in [0.1, 0.15) is 6.42 Å². The van der Waals surface area contributed by atoms with E-state index in [-0.39, 0.29) is 6.61 Å². The number of nitrogens with zero attached hydrogens (tertiary/aromatic N) is 2. The highest BCUT2D eigenvalue weighted by molar-refractivity contribution is 4.74. The molecule has 6 nitrogen and oxygen atoms in total. The number of rotatable bonds is 12. The summed E-state index contributed by atoms with van der Waals surface area (Å²) >= 11 is 0. The molecule has 0 aromatic carbocycles. The van der Waals surface area contributed by atoms with Crippen molar-refractivity contribution in [2.24, 2.45) is 0 Å². The van der Waals surface area contributed by atoms with Gasteiger partial charge >= 0.3 is 0 Å². The number of aliphatic hydroxyl groups is 1. The Labute approximate surface area is 109 Å². The number of methoxy groups -OCH3 is 2. The Bertz CT molecular complexity index is 221. The van der Waals surface area contributed by atoms with Crippen molar-refractivity contribution >= 4 is 0 Å². The van der Waals surface area contributed by atoms with Crippen LogP contribution in [0.25, 0.3) is 0 Å². The van der Waals surface area contributed by atoms with Crippen LogP contribution in [0.3, 0.4) is 0 Å². The summed E-state index contributed by atoms with van der Waals surface area (Å²) in [6.07, 6.45) is -0.113. The van der Waals surface area contributed by atoms with E-state index in [1.807, 2.05) is 4.90 Å². The first-order valence-electron chi connectivity index (χ1n) is 6.07. The molecule has 1 unspecified atom stereocenters. The predicted molar refractivity (Wildman–Crippen MR) is 67.2 cm³/mol. The number of nitriles is 1. The third-order valence-electron chi connectivity index (χ3n) is 2.36. The minimum atomic E-state index is -0.558. The Balaban J connectivity index is 3.78. The van der Waals surface area contributed by atoms with E-state index in [1.165, 1.54) is 0 Å². The molecule has 0 spiro atoms. The molecule has 18 heavy (non-hydrogen) atoms. The summed E-state index contributed by atoms with van der Waals surface area (Å²) in [5.41, 5.74) is 0. The third kappa shape index (κ3) is 10.4. The van der Waals surface area contributed by atoms with E-state index in [2.05, 4.69) is 6.07 Å². The number of ether oxygens (including phenoxy) is 3. The first kappa shape index (κ1) is 17.3. The molecule has 0 rings (SSSR count). The fraction of sp³-hybridized carbons (Fsp3) is 0.917. The Kier molecular flexibility index (Phi) is 12.2. The van der Waals surface area contributed by atoms with Crippen LogP contribution < -0.4 is 0 Å². The molecule has 106 valence electrons. The van der Waals surface area contributed by atoms with Gasteiger partial charge in [-0.25, -0.2) is 0 Å². The monoisotopic (exact) mass is 260 g/mol. The molecule has 0 fully saturated rings. The second-order valence-electron chi connectivity index (χ2n) is 3.92. The average molecular weight is 260 g/mol. The third-order valence-corrected chi connectivity index (χ3v) is 2.36. The highest BCUT2D eigenvalue weighted by Gasteiger charge is 2.11. The Morgan fingerprint density at radius 1 is 1.17 bits per heavy atom. The van der Waals surface area contributed by atoms with Crippen LogP contribution >= 0.6 is 0 Å². The number of aliphatic hydroxyl groups excluding tert-OH is 1. The lowest BCUT2D eigenvalue weighted by molar-refractivity contribution is -0.00282. The molecular weight excluding hydrogens is 236 g/mol. The highest BCUT2D eigenvalue weighted by Crippen LogP contribution is 1.96. The van der Waals surface area contributed by atoms with Gasteiger partial charge < -0.3 is 19.3 Å². The van der Waals surface area contributed by atoms with Crippen molar-refractivity contribution in [2.45, 2.75) is 12.5 Å². The largest absolute Gasteiger partial charge is 0.389 e. The lowest BCUT2D eigenvalue weighted by atomic mass is 10.3. The summed E-state index contributed by atoms with van der Waals surface area (Å²) in [4.78, 5) is 2.00. The van der Waals surface area contributed by atoms with Crippen LogP contribution in [0.2, 0.25) is 0 Å². The Morgan fingerprint density at radius 3 is 2.50 bits per heavy atom. The first-order valence-corrected chi connectivity index (χ1v) is 6.07. The minimum absolute atomic E-state index is 0.277. The zero-order chi connectivity index (χ0) is 13.6. The molecule has 1 atom stereocenters. The maximum atomic E-state index is 9.79. The van der Waals surface area contributed by atoms with E-state index in [1.54, 1.807) is 14.2 Å². The molecular formula is C12H24N2O4. The topological polar surface area (TPSA) is 75.0 Å². The van der Waals surface area contributed by atoms with E-state index in [0.29, 0.717) is 45.9 Å². The second kappa shape index (κ2) is 12.7. The van der Waals surface area contributed by atoms with Gasteiger partial charge in [0.25, 0.3) is 0 Å². The maximum Gasteiger partial charge on any atom is 0.0900 e. The number of hydrogen-bond acceptors (Lipinski definition) is 6. The lowest BCUT2D eigenvalue weighted by Gasteiger charge is -2.23. The van der Waals surface area contributed by atoms with Crippen LogP contribution in [0.15, 0.2) is 0 Å². The molecule has 0 heterocycles. The summed E-state index contributed by atoms with van der Waals surface area (Å²) in [5, 5.41) is 18.4. The second-order valence-corrected chi connectivity index (χ2v) is 3.92. The van der Waals surface area contributed by atoms with Crippen LogP contribution in [-0.4, -0.2) is 76.4 Å². The van der Waals surface area contributed by atoms with E-state index in [9.17, 15) is 5.11 Å². The van der Waals surface area contributed by atoms with Gasteiger partial charge in [0.15, 0.2) is 0 Å². The van der Waals surface area contributed by atoms with Crippen molar-refractivity contribution in [3.63, 3.8) is 0 Å². The van der Waals surface area contributed by atoms with Crippen molar-refractivity contribution in [2.75, 3.05) is 60.3 Å². The van der Waals surface area contributed by atoms with Gasteiger partial charge in [0.1, 0.15) is 0 Å². The Morgan fingerprint density at radius 2 is 1.89 bits per heavy atom. The molecule has 1 N–H and O–H groups in total. The normalized spacial score (nSPS) is 12.6. The Hall–Kier alpha value is -0.710. The van der Waals surface area contributed by atoms with Gasteiger partial charge in [-0.15, -0.1) is 0 Å². The van der Waals surface area contributed by atoms with Crippen molar-refractivity contribution in [1.82, 2.24) is 4.90 Å². The first-order chi connectivity index (χ1) is 8.74. The molecule has 0 aromatic heterocycles. The van der Waals surface area contributed by atoms with Gasteiger partial charge in [-0.1, -0.05) is 0 Å². The average Bonchev–Trinajstić information content (AvgIpc) is 2.38. The summed E-state index contributed by atoms with van der Waals surface area (Å²) in [5.74, 6) is 0. The molecule has 0 amide bonds. The van der Waals surface area contributed by atoms with Gasteiger partial charge in [-0.05, 0) is 0 Å². The molecule has 0 aromatic rings. The summed E-state index contributed by atoms with van der Waals surface area (Å²) in [6, 6.07) is 2.10. The van der Waals surface area contributed by atoms with Crippen molar-refractivity contribution < 1.29 is 19.3 Å². The van der Waals surface area contributed by atoms with Crippen molar-refractivity contribution in [3.8, 4) is 6.07 Å². The highest BCUT2D eigenvalue weighted by atomic mass is 16.5. The quantitative estimate of drug-likeness (QED) is 0.493. The molecule has 0 bridgehead atoms. The zero-order valence-corrected chi connectivity index (χ0v) is 11.3. The lowest BCUT2D eigenvalue weighted by Crippen LogP contribution is -2.37. The standard InChI is InChI=1S/C12H24N2O4/c1-16-7-6-14(5-3-4-13)10-12(15)11-18-9-8-17-2/h12,15H,3,5-11H2,1-2H3. The van der Waals surface area contributed by atoms with Crippen LogP contribution in [-0.2, 0) is 14.2 Å². The number of hydrogen-bond donors (Lipinski definition) is 1. The van der Waals surface area contributed by atoms with E-state index >= 15 is 0 Å². The van der Waals surface area contributed by atoms with E-state index < -0.39 is 6.10 Å². The van der Waals surface area contributed by atoms with Crippen molar-refractivity contribution in [3.05, 3.63) is 0 Å². The summed E-state index contributed by atoms with van der Waals surface area (Å²) in [7, 11) is 3.24. The van der Waals surface area contributed by atoms with Crippen LogP contribution in [0.4, 0.5) is 0 Å². The summed E-state index contributed by atoms with van der Waals surface area (Å²) < 4.78 is 15.1. The molecule has 0 aliphatic rings. The summed E-state index contributed by atoms with van der Waals surface area (Å²) in [6.45, 7) is 3.68. The van der Waals surface area contributed by atoms with E-state index in [0.717, 1.165) is 0 Å². The zero-order valence-electron chi connectivity index (χ0n) is 11.3. The van der Waals surface area contributed by atoms with Crippen molar-refractivity contribution in [1.29, 1.82) is 5.26 Å². The molecule has 0 radical (unpaired) electrons. The SMILES string of the molecule is COCCOCC(O)CN(CCC#N)CCOC. The van der Waals surface area contributed by atoms with Crippen LogP contribution in [0.5, 0.6) is 0 Å². The predicted octanol–water partition coefficient (Wildman–Crippen LogP) is -0.128. The molecule has 6 heteroatoms. The molecule has 0 saturated heterocycles.